The van der Waals surface area contributed by atoms with Crippen LogP contribution >= 0.6 is 11.3 Å². The monoisotopic (exact) mass is 443 g/mol. The smallest absolute Gasteiger partial charge is 0.202 e. The number of ether oxygens (including phenoxy) is 1. The van der Waals surface area contributed by atoms with Gasteiger partial charge in [-0.05, 0) is 65.1 Å². The minimum Gasteiger partial charge on any atom is -0.489 e. The second-order valence-electron chi connectivity index (χ2n) is 6.95. The summed E-state index contributed by atoms with van der Waals surface area (Å²) in [6.45, 7) is 0.781. The SMILES string of the molecule is CN(C)CCOc1ccc(-n2nnnc2-c2cc(-c3ccsc3)cnc2N)c(F)c1F. The zero-order chi connectivity index (χ0) is 22.0. The van der Waals surface area contributed by atoms with Gasteiger partial charge in [-0.1, -0.05) is 0 Å². The molecule has 3 aromatic heterocycles. The molecule has 31 heavy (non-hydrogen) atoms. The molecule has 0 unspecified atom stereocenters. The van der Waals surface area contributed by atoms with E-state index >= 15 is 0 Å². The molecular formula is C20H19F2N7OS. The van der Waals surface area contributed by atoms with Gasteiger partial charge in [0.25, 0.3) is 0 Å². The Morgan fingerprint density at radius 3 is 2.74 bits per heavy atom. The van der Waals surface area contributed by atoms with Gasteiger partial charge >= 0.3 is 0 Å². The molecule has 4 rings (SSSR count). The normalized spacial score (nSPS) is 11.3. The standard InChI is InChI=1S/C20H19F2N7OS/c1-28(2)6-7-30-16-4-3-15(17(21)18(16)22)29-20(25-26-27-29)14-9-13(10-24-19(14)23)12-5-8-31-11-12/h3-5,8-11H,6-7H2,1-2H3,(H2,23,24). The van der Waals surface area contributed by atoms with Crippen LogP contribution in [0.3, 0.4) is 0 Å². The van der Waals surface area contributed by atoms with Gasteiger partial charge in [-0.25, -0.2) is 9.37 Å². The van der Waals surface area contributed by atoms with Crippen molar-refractivity contribution < 1.29 is 13.5 Å². The molecule has 0 aliphatic rings. The van der Waals surface area contributed by atoms with Crippen LogP contribution in [0.5, 0.6) is 5.75 Å². The summed E-state index contributed by atoms with van der Waals surface area (Å²) in [5, 5.41) is 15.3. The number of anilines is 1. The molecule has 0 spiro atoms. The Hall–Kier alpha value is -3.44. The van der Waals surface area contributed by atoms with E-state index < -0.39 is 11.6 Å². The molecule has 0 fully saturated rings. The summed E-state index contributed by atoms with van der Waals surface area (Å²) < 4.78 is 35.9. The van der Waals surface area contributed by atoms with Crippen LogP contribution in [0.25, 0.3) is 28.2 Å². The van der Waals surface area contributed by atoms with Crippen LogP contribution in [-0.2, 0) is 0 Å². The van der Waals surface area contributed by atoms with Gasteiger partial charge in [-0.2, -0.15) is 20.4 Å². The van der Waals surface area contributed by atoms with E-state index in [0.717, 1.165) is 15.8 Å². The van der Waals surface area contributed by atoms with E-state index in [1.54, 1.807) is 23.6 Å². The molecule has 3 heterocycles. The number of nitrogens with zero attached hydrogens (tertiary/aromatic N) is 6. The molecule has 0 atom stereocenters. The molecule has 4 aromatic rings. The fourth-order valence-electron chi connectivity index (χ4n) is 2.89. The van der Waals surface area contributed by atoms with Gasteiger partial charge in [0.05, 0.1) is 5.56 Å². The predicted octanol–water partition coefficient (Wildman–Crippen LogP) is 3.25. The van der Waals surface area contributed by atoms with Crippen LogP contribution in [0.15, 0.2) is 41.2 Å². The molecule has 0 amide bonds. The quantitative estimate of drug-likeness (QED) is 0.468. The molecule has 160 valence electrons. The van der Waals surface area contributed by atoms with Gasteiger partial charge in [0.2, 0.25) is 5.82 Å². The molecule has 0 saturated heterocycles. The Balaban J connectivity index is 1.71. The Morgan fingerprint density at radius 2 is 2.00 bits per heavy atom. The molecule has 8 nitrogen and oxygen atoms in total. The molecule has 11 heteroatoms. The summed E-state index contributed by atoms with van der Waals surface area (Å²) in [5.41, 5.74) is 8.03. The topological polar surface area (TPSA) is 95.0 Å². The van der Waals surface area contributed by atoms with Gasteiger partial charge in [0.1, 0.15) is 18.1 Å². The minimum atomic E-state index is -1.13. The van der Waals surface area contributed by atoms with Crippen molar-refractivity contribution in [2.24, 2.45) is 0 Å². The number of thiophene rings is 1. The molecular weight excluding hydrogens is 424 g/mol. The summed E-state index contributed by atoms with van der Waals surface area (Å²) in [6.07, 6.45) is 1.63. The maximum Gasteiger partial charge on any atom is 0.202 e. The molecule has 2 N–H and O–H groups in total. The van der Waals surface area contributed by atoms with Crippen molar-refractivity contribution in [2.45, 2.75) is 0 Å². The largest absolute Gasteiger partial charge is 0.489 e. The number of aromatic nitrogens is 5. The summed E-state index contributed by atoms with van der Waals surface area (Å²) >= 11 is 1.54. The Kier molecular flexibility index (Phi) is 5.87. The van der Waals surface area contributed by atoms with Crippen molar-refractivity contribution in [3.8, 4) is 34.0 Å². The second-order valence-corrected chi connectivity index (χ2v) is 7.73. The van der Waals surface area contributed by atoms with Crippen LogP contribution in [-0.4, -0.2) is 57.3 Å². The first kappa shape index (κ1) is 20.8. The molecule has 0 aliphatic carbocycles. The summed E-state index contributed by atoms with van der Waals surface area (Å²) in [7, 11) is 3.72. The number of nitrogen functional groups attached to an aromatic ring is 1. The van der Waals surface area contributed by atoms with Crippen molar-refractivity contribution in [3.05, 3.63) is 52.9 Å². The number of halogens is 2. The van der Waals surface area contributed by atoms with E-state index in [2.05, 4.69) is 20.5 Å². The molecule has 0 radical (unpaired) electrons. The fourth-order valence-corrected chi connectivity index (χ4v) is 3.56. The summed E-state index contributed by atoms with van der Waals surface area (Å²) in [4.78, 5) is 6.08. The zero-order valence-corrected chi connectivity index (χ0v) is 17.6. The number of benzene rings is 1. The van der Waals surface area contributed by atoms with Crippen molar-refractivity contribution >= 4 is 17.2 Å². The van der Waals surface area contributed by atoms with E-state index in [9.17, 15) is 8.78 Å². The highest BCUT2D eigenvalue weighted by Gasteiger charge is 2.22. The van der Waals surface area contributed by atoms with Crippen molar-refractivity contribution in [3.63, 3.8) is 0 Å². The number of likely N-dealkylation sites (N-methyl/N-ethyl adjacent to an activating group) is 1. The van der Waals surface area contributed by atoms with Crippen LogP contribution in [0.4, 0.5) is 14.6 Å². The number of rotatable bonds is 7. The maximum absolute atomic E-state index is 14.9. The summed E-state index contributed by atoms with van der Waals surface area (Å²) in [6, 6.07) is 6.40. The lowest BCUT2D eigenvalue weighted by Gasteiger charge is -2.13. The third kappa shape index (κ3) is 4.23. The molecule has 0 aliphatic heterocycles. The lowest BCUT2D eigenvalue weighted by molar-refractivity contribution is 0.249. The van der Waals surface area contributed by atoms with Crippen LogP contribution in [0, 0.1) is 11.6 Å². The third-order valence-corrected chi connectivity index (χ3v) is 5.22. The van der Waals surface area contributed by atoms with Gasteiger partial charge in [0.15, 0.2) is 17.4 Å². The Bertz CT molecular complexity index is 1190. The van der Waals surface area contributed by atoms with E-state index in [0.29, 0.717) is 12.1 Å². The Morgan fingerprint density at radius 1 is 1.16 bits per heavy atom. The van der Waals surface area contributed by atoms with Gasteiger partial charge in [-0.15, -0.1) is 5.10 Å². The second kappa shape index (κ2) is 8.74. The summed E-state index contributed by atoms with van der Waals surface area (Å²) in [5.74, 6) is -2.12. The molecule has 0 saturated carbocycles. The number of hydrogen-bond donors (Lipinski definition) is 1. The third-order valence-electron chi connectivity index (χ3n) is 4.53. The van der Waals surface area contributed by atoms with E-state index in [4.69, 9.17) is 10.5 Å². The van der Waals surface area contributed by atoms with Gasteiger partial charge in [0, 0.05) is 18.3 Å². The first-order chi connectivity index (χ1) is 15.0. The molecule has 0 bridgehead atoms. The highest BCUT2D eigenvalue weighted by Crippen LogP contribution is 2.32. The van der Waals surface area contributed by atoms with Crippen LogP contribution in [0.1, 0.15) is 0 Å². The van der Waals surface area contributed by atoms with Crippen molar-refractivity contribution in [1.29, 1.82) is 0 Å². The van der Waals surface area contributed by atoms with Crippen molar-refractivity contribution in [2.75, 3.05) is 33.0 Å². The predicted molar refractivity (Wildman–Crippen MR) is 114 cm³/mol. The van der Waals surface area contributed by atoms with Gasteiger partial charge < -0.3 is 15.4 Å². The Labute approximate surface area is 180 Å². The number of hydrogen-bond acceptors (Lipinski definition) is 8. The lowest BCUT2D eigenvalue weighted by Crippen LogP contribution is -2.20. The average molecular weight is 443 g/mol. The fraction of sp³-hybridized carbons (Fsp3) is 0.200. The highest BCUT2D eigenvalue weighted by atomic mass is 32.1. The van der Waals surface area contributed by atoms with Crippen LogP contribution in [0.2, 0.25) is 0 Å². The molecule has 1 aromatic carbocycles. The number of tetrazole rings is 1. The van der Waals surface area contributed by atoms with Crippen molar-refractivity contribution in [1.82, 2.24) is 30.1 Å². The first-order valence-corrected chi connectivity index (χ1v) is 10.2. The maximum atomic E-state index is 14.9. The average Bonchev–Trinajstić information content (AvgIpc) is 3.44. The number of pyridine rings is 1. The first-order valence-electron chi connectivity index (χ1n) is 9.28. The minimum absolute atomic E-state index is 0.140. The zero-order valence-electron chi connectivity index (χ0n) is 16.8. The van der Waals surface area contributed by atoms with E-state index in [-0.39, 0.29) is 29.7 Å². The lowest BCUT2D eigenvalue weighted by atomic mass is 10.1. The van der Waals surface area contributed by atoms with E-state index in [1.807, 2.05) is 35.8 Å². The van der Waals surface area contributed by atoms with Crippen LogP contribution < -0.4 is 10.5 Å². The number of nitrogens with two attached hydrogens (primary N) is 1. The van der Waals surface area contributed by atoms with E-state index in [1.165, 1.54) is 12.1 Å². The highest BCUT2D eigenvalue weighted by molar-refractivity contribution is 7.08. The van der Waals surface area contributed by atoms with Gasteiger partial charge in [-0.3, -0.25) is 0 Å².